The first-order valence-corrected chi connectivity index (χ1v) is 5.87. The van der Waals surface area contributed by atoms with E-state index in [2.05, 4.69) is 5.32 Å². The van der Waals surface area contributed by atoms with Crippen molar-refractivity contribution in [2.45, 2.75) is 19.3 Å². The Labute approximate surface area is 104 Å². The minimum Gasteiger partial charge on any atom is -0.356 e. The van der Waals surface area contributed by atoms with E-state index < -0.39 is 0 Å². The van der Waals surface area contributed by atoms with Crippen molar-refractivity contribution in [1.82, 2.24) is 0 Å². The van der Waals surface area contributed by atoms with E-state index in [0.29, 0.717) is 22.2 Å². The molecule has 0 radical (unpaired) electrons. The Morgan fingerprint density at radius 2 is 1.81 bits per heavy atom. The van der Waals surface area contributed by atoms with Crippen molar-refractivity contribution < 1.29 is 4.79 Å². The molecule has 2 nitrogen and oxygen atoms in total. The fourth-order valence-electron chi connectivity index (χ4n) is 1.67. The van der Waals surface area contributed by atoms with Gasteiger partial charge in [-0.2, -0.15) is 0 Å². The lowest BCUT2D eigenvalue weighted by molar-refractivity contribution is -0.115. The van der Waals surface area contributed by atoms with Crippen LogP contribution in [0.4, 0.5) is 5.69 Å². The fourth-order valence-corrected chi connectivity index (χ4v) is 2.16. The second-order valence-corrected chi connectivity index (χ2v) is 4.53. The largest absolute Gasteiger partial charge is 0.356 e. The lowest BCUT2D eigenvalue weighted by Gasteiger charge is -2.16. The summed E-state index contributed by atoms with van der Waals surface area (Å²) in [5, 5.41) is 4.25. The van der Waals surface area contributed by atoms with Crippen LogP contribution in [0.2, 0.25) is 10.0 Å². The van der Waals surface area contributed by atoms with Crippen LogP contribution >= 0.6 is 23.2 Å². The van der Waals surface area contributed by atoms with Crippen molar-refractivity contribution in [3.8, 4) is 0 Å². The van der Waals surface area contributed by atoms with E-state index in [0.717, 1.165) is 18.5 Å². The number of anilines is 1. The van der Waals surface area contributed by atoms with Gasteiger partial charge in [0, 0.05) is 18.2 Å². The number of hydrogen-bond acceptors (Lipinski definition) is 2. The Morgan fingerprint density at radius 3 is 2.44 bits per heavy atom. The summed E-state index contributed by atoms with van der Waals surface area (Å²) in [5.74, 6) is 0.150. The van der Waals surface area contributed by atoms with Gasteiger partial charge in [0.25, 0.3) is 0 Å². The molecule has 0 atom stereocenters. The van der Waals surface area contributed by atoms with Crippen LogP contribution in [-0.2, 0) is 4.79 Å². The van der Waals surface area contributed by atoms with E-state index in [-0.39, 0.29) is 5.78 Å². The maximum Gasteiger partial charge on any atom is 0.157 e. The molecule has 1 N–H and O–H groups in total. The number of para-hydroxylation sites is 1. The van der Waals surface area contributed by atoms with Crippen molar-refractivity contribution in [3.05, 3.63) is 40.0 Å². The molecule has 2 rings (SSSR count). The van der Waals surface area contributed by atoms with Crippen LogP contribution in [0.15, 0.2) is 30.0 Å². The molecule has 0 bridgehead atoms. The number of carbonyl (C=O) groups is 1. The van der Waals surface area contributed by atoms with E-state index in [4.69, 9.17) is 23.2 Å². The van der Waals surface area contributed by atoms with Gasteiger partial charge in [0.05, 0.1) is 15.7 Å². The highest BCUT2D eigenvalue weighted by molar-refractivity contribution is 6.39. The Hall–Kier alpha value is -0.990. The Morgan fingerprint density at radius 1 is 1.12 bits per heavy atom. The molecule has 16 heavy (non-hydrogen) atoms. The van der Waals surface area contributed by atoms with Crippen LogP contribution in [0.3, 0.4) is 0 Å². The number of carbonyl (C=O) groups excluding carboxylic acids is 1. The molecular formula is C12H11Cl2NO. The van der Waals surface area contributed by atoms with E-state index in [1.54, 1.807) is 24.3 Å². The van der Waals surface area contributed by atoms with E-state index in [1.165, 1.54) is 0 Å². The van der Waals surface area contributed by atoms with Crippen LogP contribution in [0, 0.1) is 0 Å². The highest BCUT2D eigenvalue weighted by Gasteiger charge is 2.12. The zero-order valence-electron chi connectivity index (χ0n) is 8.59. The average molecular weight is 256 g/mol. The highest BCUT2D eigenvalue weighted by atomic mass is 35.5. The molecule has 0 aliphatic heterocycles. The number of halogens is 2. The first kappa shape index (κ1) is 11.5. The fraction of sp³-hybridized carbons (Fsp3) is 0.250. The number of nitrogens with one attached hydrogen (secondary N) is 1. The van der Waals surface area contributed by atoms with Crippen LogP contribution in [0.1, 0.15) is 19.3 Å². The predicted molar refractivity (Wildman–Crippen MR) is 67.0 cm³/mol. The molecule has 0 spiro atoms. The van der Waals surface area contributed by atoms with Crippen LogP contribution in [0.5, 0.6) is 0 Å². The third-order valence-electron chi connectivity index (χ3n) is 2.45. The Balaban J connectivity index is 2.24. The normalized spacial score (nSPS) is 15.9. The Kier molecular flexibility index (Phi) is 3.52. The van der Waals surface area contributed by atoms with Gasteiger partial charge in [0.2, 0.25) is 0 Å². The quantitative estimate of drug-likeness (QED) is 0.865. The first-order valence-electron chi connectivity index (χ1n) is 5.11. The van der Waals surface area contributed by atoms with Gasteiger partial charge in [-0.05, 0) is 25.0 Å². The van der Waals surface area contributed by atoms with E-state index in [1.807, 2.05) is 0 Å². The van der Waals surface area contributed by atoms with Crippen molar-refractivity contribution in [3.63, 3.8) is 0 Å². The van der Waals surface area contributed by atoms with Crippen molar-refractivity contribution in [2.75, 3.05) is 5.32 Å². The van der Waals surface area contributed by atoms with Crippen molar-refractivity contribution in [2.24, 2.45) is 0 Å². The van der Waals surface area contributed by atoms with Gasteiger partial charge in [0.15, 0.2) is 5.78 Å². The molecule has 1 aromatic carbocycles. The monoisotopic (exact) mass is 255 g/mol. The molecule has 0 saturated heterocycles. The van der Waals surface area contributed by atoms with Gasteiger partial charge >= 0.3 is 0 Å². The molecule has 1 aliphatic rings. The van der Waals surface area contributed by atoms with Gasteiger partial charge in [0.1, 0.15) is 0 Å². The molecule has 0 unspecified atom stereocenters. The van der Waals surface area contributed by atoms with Crippen LogP contribution in [0.25, 0.3) is 0 Å². The van der Waals surface area contributed by atoms with Gasteiger partial charge in [-0.3, -0.25) is 4.79 Å². The summed E-state index contributed by atoms with van der Waals surface area (Å²) in [5.41, 5.74) is 1.55. The molecule has 84 valence electrons. The van der Waals surface area contributed by atoms with E-state index in [9.17, 15) is 4.79 Å². The maximum atomic E-state index is 11.3. The first-order chi connectivity index (χ1) is 7.66. The molecule has 0 heterocycles. The van der Waals surface area contributed by atoms with Gasteiger partial charge in [-0.25, -0.2) is 0 Å². The highest BCUT2D eigenvalue weighted by Crippen LogP contribution is 2.32. The standard InChI is InChI=1S/C12H11Cl2NO/c13-10-5-2-6-11(14)12(10)15-8-3-1-4-9(16)7-8/h2,5-7,15H,1,3-4H2. The van der Waals surface area contributed by atoms with Crippen molar-refractivity contribution in [1.29, 1.82) is 0 Å². The topological polar surface area (TPSA) is 29.1 Å². The summed E-state index contributed by atoms with van der Waals surface area (Å²) in [4.78, 5) is 11.3. The Bertz CT molecular complexity index is 434. The summed E-state index contributed by atoms with van der Waals surface area (Å²) >= 11 is 12.1. The minimum absolute atomic E-state index is 0.150. The molecule has 0 aromatic heterocycles. The second-order valence-electron chi connectivity index (χ2n) is 3.71. The van der Waals surface area contributed by atoms with Gasteiger partial charge in [-0.1, -0.05) is 29.3 Å². The molecule has 1 aromatic rings. The third-order valence-corrected chi connectivity index (χ3v) is 3.08. The average Bonchev–Trinajstić information content (AvgIpc) is 2.24. The molecule has 1 aliphatic carbocycles. The molecule has 4 heteroatoms. The number of allylic oxidation sites excluding steroid dienone is 2. The zero-order valence-corrected chi connectivity index (χ0v) is 10.1. The third kappa shape index (κ3) is 2.57. The summed E-state index contributed by atoms with van der Waals surface area (Å²) in [6.45, 7) is 0. The number of benzene rings is 1. The number of ketones is 1. The van der Waals surface area contributed by atoms with Crippen molar-refractivity contribution >= 4 is 34.7 Å². The number of rotatable bonds is 2. The second kappa shape index (κ2) is 4.89. The summed E-state index contributed by atoms with van der Waals surface area (Å²) < 4.78 is 0. The lowest BCUT2D eigenvalue weighted by Crippen LogP contribution is -2.09. The van der Waals surface area contributed by atoms with Gasteiger partial charge < -0.3 is 5.32 Å². The SMILES string of the molecule is O=C1C=C(Nc2c(Cl)cccc2Cl)CCC1. The van der Waals surface area contributed by atoms with E-state index >= 15 is 0 Å². The minimum atomic E-state index is 0.150. The summed E-state index contributed by atoms with van der Waals surface area (Å²) in [7, 11) is 0. The molecular weight excluding hydrogens is 245 g/mol. The molecule has 0 fully saturated rings. The van der Waals surface area contributed by atoms with Crippen LogP contribution in [-0.4, -0.2) is 5.78 Å². The summed E-state index contributed by atoms with van der Waals surface area (Å²) in [6, 6.07) is 5.32. The zero-order chi connectivity index (χ0) is 11.5. The maximum absolute atomic E-state index is 11.3. The molecule has 0 saturated carbocycles. The summed E-state index contributed by atoms with van der Waals surface area (Å²) in [6.07, 6.45) is 3.98. The number of hydrogen-bond donors (Lipinski definition) is 1. The lowest BCUT2D eigenvalue weighted by atomic mass is 10.0. The van der Waals surface area contributed by atoms with Crippen LogP contribution < -0.4 is 5.32 Å². The molecule has 0 amide bonds. The van der Waals surface area contributed by atoms with Gasteiger partial charge in [-0.15, -0.1) is 0 Å². The smallest absolute Gasteiger partial charge is 0.157 e. The predicted octanol–water partition coefficient (Wildman–Crippen LogP) is 4.04.